The average molecular weight is 263 g/mol. The SMILES string of the molecule is CC(=O)C=C(C)[O-].CC(=O)C=C(C)[O-].[OH-].[Ti+3]. The number of allylic oxidation sites excluding steroid dienone is 4. The van der Waals surface area contributed by atoms with E-state index in [9.17, 15) is 19.8 Å². The summed E-state index contributed by atoms with van der Waals surface area (Å²) in [4.78, 5) is 20.0. The van der Waals surface area contributed by atoms with E-state index in [0.717, 1.165) is 12.2 Å². The van der Waals surface area contributed by atoms with Gasteiger partial charge in [-0.2, -0.15) is 0 Å². The van der Waals surface area contributed by atoms with E-state index >= 15 is 0 Å². The first-order valence-electron chi connectivity index (χ1n) is 3.97. The van der Waals surface area contributed by atoms with Crippen LogP contribution in [0.3, 0.4) is 0 Å². The number of hydrogen-bond acceptors (Lipinski definition) is 5. The molecule has 0 saturated carbocycles. The first-order valence-corrected chi connectivity index (χ1v) is 3.97. The fourth-order valence-corrected chi connectivity index (χ4v) is 0.572. The smallest absolute Gasteiger partial charge is 0.876 e. The molecule has 0 aliphatic carbocycles. The molecule has 0 saturated heterocycles. The van der Waals surface area contributed by atoms with E-state index in [0.29, 0.717) is 0 Å². The topological polar surface area (TPSA) is 110 Å². The summed E-state index contributed by atoms with van der Waals surface area (Å²) >= 11 is 0. The van der Waals surface area contributed by atoms with Gasteiger partial charge in [0.25, 0.3) is 0 Å². The number of hydrogen-bond donors (Lipinski definition) is 0. The van der Waals surface area contributed by atoms with Crippen molar-refractivity contribution in [3.8, 4) is 0 Å². The largest absolute Gasteiger partial charge is 3.00 e. The molecule has 6 heteroatoms. The Bertz CT molecular complexity index is 232. The molecule has 0 heterocycles. The predicted octanol–water partition coefficient (Wildman–Crippen LogP) is -0.500. The van der Waals surface area contributed by atoms with Gasteiger partial charge in [0.2, 0.25) is 0 Å². The van der Waals surface area contributed by atoms with Crippen LogP contribution in [0.25, 0.3) is 0 Å². The molecule has 0 spiro atoms. The van der Waals surface area contributed by atoms with Crippen LogP contribution in [0.2, 0.25) is 0 Å². The van der Waals surface area contributed by atoms with Crippen molar-refractivity contribution in [2.75, 3.05) is 0 Å². The minimum Gasteiger partial charge on any atom is -0.876 e. The molecule has 0 atom stereocenters. The predicted molar refractivity (Wildman–Crippen MR) is 50.8 cm³/mol. The quantitative estimate of drug-likeness (QED) is 0.379. The summed E-state index contributed by atoms with van der Waals surface area (Å²) < 4.78 is 0. The molecule has 0 unspecified atom stereocenters. The third-order valence-electron chi connectivity index (χ3n) is 0.813. The van der Waals surface area contributed by atoms with E-state index in [1.54, 1.807) is 0 Å². The van der Waals surface area contributed by atoms with Gasteiger partial charge in [0.1, 0.15) is 0 Å². The summed E-state index contributed by atoms with van der Waals surface area (Å²) in [5.41, 5.74) is 0. The van der Waals surface area contributed by atoms with Crippen LogP contribution in [0.4, 0.5) is 0 Å². The zero-order valence-electron chi connectivity index (χ0n) is 9.73. The molecule has 0 aromatic carbocycles. The van der Waals surface area contributed by atoms with Crippen molar-refractivity contribution in [1.82, 2.24) is 0 Å². The van der Waals surface area contributed by atoms with Gasteiger partial charge >= 0.3 is 21.7 Å². The second-order valence-electron chi connectivity index (χ2n) is 2.73. The van der Waals surface area contributed by atoms with Crippen molar-refractivity contribution in [3.63, 3.8) is 0 Å². The maximum atomic E-state index is 9.98. The minimum atomic E-state index is -0.187. The average Bonchev–Trinajstić information content (AvgIpc) is 1.79. The van der Waals surface area contributed by atoms with Crippen molar-refractivity contribution < 1.29 is 47.0 Å². The molecule has 0 aromatic rings. The Labute approximate surface area is 110 Å². The fourth-order valence-electron chi connectivity index (χ4n) is 0.572. The summed E-state index contributed by atoms with van der Waals surface area (Å²) in [6, 6.07) is 0. The zero-order valence-corrected chi connectivity index (χ0v) is 11.3. The third-order valence-corrected chi connectivity index (χ3v) is 0.813. The second-order valence-corrected chi connectivity index (χ2v) is 2.73. The summed E-state index contributed by atoms with van der Waals surface area (Å²) in [7, 11) is 0. The first-order chi connectivity index (χ1) is 6.25. The maximum Gasteiger partial charge on any atom is 3.00 e. The van der Waals surface area contributed by atoms with Gasteiger partial charge in [-0.3, -0.25) is 9.59 Å². The minimum absolute atomic E-state index is 0. The van der Waals surface area contributed by atoms with Gasteiger partial charge in [0.05, 0.1) is 0 Å². The molecule has 0 fully saturated rings. The Hall–Kier alpha value is -0.906. The van der Waals surface area contributed by atoms with Crippen LogP contribution in [0.15, 0.2) is 23.7 Å². The first kappa shape index (κ1) is 24.4. The summed E-state index contributed by atoms with van der Waals surface area (Å²) in [5.74, 6) is -0.750. The van der Waals surface area contributed by atoms with Crippen LogP contribution in [-0.2, 0) is 31.3 Å². The maximum absolute atomic E-state index is 9.98. The summed E-state index contributed by atoms with van der Waals surface area (Å²) in [5, 5.41) is 20.0. The Kier molecular flexibility index (Phi) is 21.5. The number of rotatable bonds is 2. The number of ketones is 2. The Morgan fingerprint density at radius 1 is 0.812 bits per heavy atom. The van der Waals surface area contributed by atoms with Gasteiger partial charge in [-0.1, -0.05) is 13.8 Å². The van der Waals surface area contributed by atoms with Crippen LogP contribution >= 0.6 is 0 Å². The molecule has 0 aliphatic heterocycles. The molecule has 16 heavy (non-hydrogen) atoms. The second kappa shape index (κ2) is 14.1. The molecule has 0 rings (SSSR count). The van der Waals surface area contributed by atoms with Crippen LogP contribution in [0.5, 0.6) is 0 Å². The molecule has 89 valence electrons. The molecule has 0 aliphatic rings. The van der Waals surface area contributed by atoms with Crippen LogP contribution < -0.4 is 10.2 Å². The molecule has 0 amide bonds. The fraction of sp³-hybridized carbons (Fsp3) is 0.400. The van der Waals surface area contributed by atoms with Gasteiger partial charge < -0.3 is 15.7 Å². The van der Waals surface area contributed by atoms with Crippen molar-refractivity contribution >= 4 is 11.6 Å². The number of carbonyl (C=O) groups is 2. The van der Waals surface area contributed by atoms with Gasteiger partial charge in [0, 0.05) is 0 Å². The Morgan fingerprint density at radius 2 is 1.00 bits per heavy atom. The molecule has 1 radical (unpaired) electrons. The molecule has 0 aromatic heterocycles. The van der Waals surface area contributed by atoms with E-state index in [4.69, 9.17) is 0 Å². The van der Waals surface area contributed by atoms with Crippen LogP contribution in [-0.4, -0.2) is 17.0 Å². The zero-order chi connectivity index (χ0) is 11.7. The van der Waals surface area contributed by atoms with Crippen LogP contribution in [0.1, 0.15) is 27.7 Å². The van der Waals surface area contributed by atoms with Crippen LogP contribution in [0, 0.1) is 0 Å². The van der Waals surface area contributed by atoms with E-state index < -0.39 is 0 Å². The summed E-state index contributed by atoms with van der Waals surface area (Å²) in [6.45, 7) is 5.39. The van der Waals surface area contributed by atoms with Gasteiger partial charge in [-0.25, -0.2) is 0 Å². The van der Waals surface area contributed by atoms with Gasteiger partial charge in [0.15, 0.2) is 11.6 Å². The van der Waals surface area contributed by atoms with E-state index in [1.807, 2.05) is 0 Å². The molecule has 1 N–H and O–H groups in total. The Balaban J connectivity index is -0.0000000800. The summed E-state index contributed by atoms with van der Waals surface area (Å²) in [6.07, 6.45) is 2.11. The molecular formula is C10H15O5Ti. The van der Waals surface area contributed by atoms with E-state index in [1.165, 1.54) is 27.7 Å². The van der Waals surface area contributed by atoms with E-state index in [-0.39, 0.29) is 50.3 Å². The van der Waals surface area contributed by atoms with Crippen molar-refractivity contribution in [3.05, 3.63) is 23.7 Å². The molecule has 5 nitrogen and oxygen atoms in total. The van der Waals surface area contributed by atoms with Crippen molar-refractivity contribution in [2.24, 2.45) is 0 Å². The number of carbonyl (C=O) groups excluding carboxylic acids is 2. The van der Waals surface area contributed by atoms with Crippen molar-refractivity contribution in [1.29, 1.82) is 0 Å². The van der Waals surface area contributed by atoms with Gasteiger partial charge in [-0.05, 0) is 26.0 Å². The van der Waals surface area contributed by atoms with E-state index in [2.05, 4.69) is 0 Å². The van der Waals surface area contributed by atoms with Gasteiger partial charge in [-0.15, -0.1) is 11.5 Å². The molecular weight excluding hydrogens is 248 g/mol. The monoisotopic (exact) mass is 263 g/mol. The van der Waals surface area contributed by atoms with Crippen molar-refractivity contribution in [2.45, 2.75) is 27.7 Å². The third kappa shape index (κ3) is 38.1. The molecule has 0 bridgehead atoms. The Morgan fingerprint density at radius 3 is 1.00 bits per heavy atom. The standard InChI is InChI=1S/2C5H8O2.H2O.Ti/c2*1-4(6)3-5(2)7;;/h2*3,6H,1-2H3;1H2;/q;;;+3/p-3. The normalized spacial score (nSPS) is 10.0.